The predicted molar refractivity (Wildman–Crippen MR) is 67.3 cm³/mol. The molecule has 0 aliphatic rings. The summed E-state index contributed by atoms with van der Waals surface area (Å²) in [6.07, 6.45) is 1.20. The third kappa shape index (κ3) is 2.49. The van der Waals surface area contributed by atoms with Gasteiger partial charge in [0.05, 0.1) is 5.52 Å². The highest BCUT2D eigenvalue weighted by molar-refractivity contribution is 6.31. The summed E-state index contributed by atoms with van der Waals surface area (Å²) < 4.78 is 4.94. The molecule has 2 aromatic rings. The zero-order valence-electron chi connectivity index (χ0n) is 9.59. The normalized spacial score (nSPS) is 12.1. The summed E-state index contributed by atoms with van der Waals surface area (Å²) in [6.45, 7) is 1.67. The molecule has 0 saturated heterocycles. The number of aromatic nitrogens is 1. The lowest BCUT2D eigenvalue weighted by atomic mass is 10.1. The molecule has 1 unspecified atom stereocenters. The van der Waals surface area contributed by atoms with Crippen molar-refractivity contribution >= 4 is 34.8 Å². The topological polar surface area (TPSA) is 56.3 Å². The summed E-state index contributed by atoms with van der Waals surface area (Å²) in [7, 11) is 0. The molecule has 0 saturated carbocycles. The standard InChI is InChI=1S/C13H10ClNO3/c1-8(18-12(17)7-16)11-6-10(14)5-9-3-2-4-15-13(9)11/h2-8H,1H3. The Morgan fingerprint density at radius 1 is 1.50 bits per heavy atom. The monoisotopic (exact) mass is 263 g/mol. The van der Waals surface area contributed by atoms with Crippen LogP contribution in [0.3, 0.4) is 0 Å². The van der Waals surface area contributed by atoms with Crippen molar-refractivity contribution in [2.75, 3.05) is 0 Å². The molecule has 5 heteroatoms. The Kier molecular flexibility index (Phi) is 3.58. The number of benzene rings is 1. The number of rotatable bonds is 3. The molecule has 18 heavy (non-hydrogen) atoms. The van der Waals surface area contributed by atoms with Crippen LogP contribution < -0.4 is 0 Å². The van der Waals surface area contributed by atoms with Crippen LogP contribution in [0.4, 0.5) is 0 Å². The fourth-order valence-corrected chi connectivity index (χ4v) is 1.99. The van der Waals surface area contributed by atoms with Gasteiger partial charge in [0.15, 0.2) is 0 Å². The Balaban J connectivity index is 2.49. The number of ether oxygens (including phenoxy) is 1. The Morgan fingerprint density at radius 3 is 3.00 bits per heavy atom. The van der Waals surface area contributed by atoms with Gasteiger partial charge in [-0.1, -0.05) is 17.7 Å². The molecule has 1 aromatic heterocycles. The minimum atomic E-state index is -0.911. The number of aldehydes is 1. The number of halogens is 1. The van der Waals surface area contributed by atoms with E-state index < -0.39 is 12.1 Å². The fraction of sp³-hybridized carbons (Fsp3) is 0.154. The van der Waals surface area contributed by atoms with Crippen molar-refractivity contribution in [2.24, 2.45) is 0 Å². The molecule has 0 spiro atoms. The van der Waals surface area contributed by atoms with Crippen LogP contribution in [-0.4, -0.2) is 17.2 Å². The van der Waals surface area contributed by atoms with E-state index in [-0.39, 0.29) is 6.29 Å². The molecule has 0 aliphatic heterocycles. The highest BCUT2D eigenvalue weighted by Crippen LogP contribution is 2.28. The van der Waals surface area contributed by atoms with E-state index in [1.54, 1.807) is 31.3 Å². The van der Waals surface area contributed by atoms with E-state index in [1.807, 2.05) is 6.07 Å². The second-order valence-electron chi connectivity index (χ2n) is 3.77. The first-order valence-corrected chi connectivity index (χ1v) is 5.69. The molecule has 2 rings (SSSR count). The highest BCUT2D eigenvalue weighted by Gasteiger charge is 2.15. The summed E-state index contributed by atoms with van der Waals surface area (Å²) >= 11 is 6.00. The van der Waals surface area contributed by atoms with E-state index in [2.05, 4.69) is 4.98 Å². The Morgan fingerprint density at radius 2 is 2.28 bits per heavy atom. The van der Waals surface area contributed by atoms with Crippen LogP contribution in [0.25, 0.3) is 10.9 Å². The first-order valence-electron chi connectivity index (χ1n) is 5.32. The van der Waals surface area contributed by atoms with Gasteiger partial charge >= 0.3 is 5.97 Å². The van der Waals surface area contributed by atoms with Crippen LogP contribution in [0.15, 0.2) is 30.5 Å². The minimum absolute atomic E-state index is 0.136. The van der Waals surface area contributed by atoms with Crippen molar-refractivity contribution < 1.29 is 14.3 Å². The van der Waals surface area contributed by atoms with Crippen LogP contribution >= 0.6 is 11.6 Å². The Hall–Kier alpha value is -1.94. The molecule has 92 valence electrons. The molecule has 0 radical (unpaired) electrons. The van der Waals surface area contributed by atoms with Crippen molar-refractivity contribution in [3.05, 3.63) is 41.0 Å². The summed E-state index contributed by atoms with van der Waals surface area (Å²) in [5.74, 6) is -0.911. The number of carbonyl (C=O) groups is 2. The van der Waals surface area contributed by atoms with Crippen LogP contribution in [0.1, 0.15) is 18.6 Å². The van der Waals surface area contributed by atoms with Gasteiger partial charge in [0, 0.05) is 22.2 Å². The maximum absolute atomic E-state index is 11.0. The number of nitrogens with zero attached hydrogens (tertiary/aromatic N) is 1. The number of fused-ring (bicyclic) bond motifs is 1. The van der Waals surface area contributed by atoms with Crippen molar-refractivity contribution in [3.8, 4) is 0 Å². The number of pyridine rings is 1. The molecular formula is C13H10ClNO3. The van der Waals surface area contributed by atoms with E-state index in [1.165, 1.54) is 0 Å². The van der Waals surface area contributed by atoms with E-state index in [9.17, 15) is 9.59 Å². The summed E-state index contributed by atoms with van der Waals surface area (Å²) in [5, 5.41) is 1.38. The van der Waals surface area contributed by atoms with Gasteiger partial charge in [-0.2, -0.15) is 0 Å². The lowest BCUT2D eigenvalue weighted by molar-refractivity contribution is -0.152. The Labute approximate surface area is 109 Å². The summed E-state index contributed by atoms with van der Waals surface area (Å²) in [5.41, 5.74) is 1.38. The number of hydrogen-bond acceptors (Lipinski definition) is 4. The van der Waals surface area contributed by atoms with Gasteiger partial charge in [-0.25, -0.2) is 4.79 Å². The number of carbonyl (C=O) groups excluding carboxylic acids is 2. The zero-order valence-corrected chi connectivity index (χ0v) is 10.3. The quantitative estimate of drug-likeness (QED) is 0.485. The smallest absolute Gasteiger partial charge is 0.371 e. The van der Waals surface area contributed by atoms with Gasteiger partial charge in [-0.05, 0) is 25.1 Å². The summed E-state index contributed by atoms with van der Waals surface area (Å²) in [6, 6.07) is 7.12. The highest BCUT2D eigenvalue weighted by atomic mass is 35.5. The van der Waals surface area contributed by atoms with E-state index in [4.69, 9.17) is 16.3 Å². The SMILES string of the molecule is CC(OC(=O)C=O)c1cc(Cl)cc2cccnc12. The third-order valence-electron chi connectivity index (χ3n) is 2.53. The fourth-order valence-electron chi connectivity index (χ4n) is 1.76. The maximum Gasteiger partial charge on any atom is 0.371 e. The van der Waals surface area contributed by atoms with Crippen LogP contribution in [-0.2, 0) is 14.3 Å². The van der Waals surface area contributed by atoms with E-state index in [0.29, 0.717) is 16.1 Å². The molecule has 1 aromatic carbocycles. The molecule has 4 nitrogen and oxygen atoms in total. The summed E-state index contributed by atoms with van der Waals surface area (Å²) in [4.78, 5) is 25.5. The first kappa shape index (κ1) is 12.5. The number of hydrogen-bond donors (Lipinski definition) is 0. The number of esters is 1. The molecule has 1 heterocycles. The van der Waals surface area contributed by atoms with Crippen LogP contribution in [0, 0.1) is 0 Å². The van der Waals surface area contributed by atoms with Gasteiger partial charge in [0.2, 0.25) is 6.29 Å². The minimum Gasteiger partial charge on any atom is -0.452 e. The molecule has 0 amide bonds. The van der Waals surface area contributed by atoms with E-state index in [0.717, 1.165) is 5.39 Å². The van der Waals surface area contributed by atoms with Crippen LogP contribution in [0.2, 0.25) is 5.02 Å². The van der Waals surface area contributed by atoms with Gasteiger partial charge in [0.25, 0.3) is 0 Å². The molecular weight excluding hydrogens is 254 g/mol. The van der Waals surface area contributed by atoms with E-state index >= 15 is 0 Å². The van der Waals surface area contributed by atoms with Crippen molar-refractivity contribution in [1.82, 2.24) is 4.98 Å². The maximum atomic E-state index is 11.0. The lowest BCUT2D eigenvalue weighted by Gasteiger charge is -2.14. The van der Waals surface area contributed by atoms with Gasteiger partial charge in [0.1, 0.15) is 6.10 Å². The zero-order chi connectivity index (χ0) is 13.1. The molecule has 1 atom stereocenters. The van der Waals surface area contributed by atoms with Crippen molar-refractivity contribution in [2.45, 2.75) is 13.0 Å². The largest absolute Gasteiger partial charge is 0.452 e. The van der Waals surface area contributed by atoms with Gasteiger partial charge in [-0.3, -0.25) is 9.78 Å². The van der Waals surface area contributed by atoms with Crippen molar-refractivity contribution in [3.63, 3.8) is 0 Å². The molecule has 0 fully saturated rings. The second-order valence-corrected chi connectivity index (χ2v) is 4.20. The van der Waals surface area contributed by atoms with Gasteiger partial charge in [-0.15, -0.1) is 0 Å². The average molecular weight is 264 g/mol. The molecule has 0 N–H and O–H groups in total. The molecule has 0 bridgehead atoms. The van der Waals surface area contributed by atoms with Crippen molar-refractivity contribution in [1.29, 1.82) is 0 Å². The average Bonchev–Trinajstić information content (AvgIpc) is 2.37. The van der Waals surface area contributed by atoms with Crippen LogP contribution in [0.5, 0.6) is 0 Å². The Bertz CT molecular complexity index is 612. The second kappa shape index (κ2) is 5.14. The molecule has 0 aliphatic carbocycles. The third-order valence-corrected chi connectivity index (χ3v) is 2.74. The predicted octanol–water partition coefficient (Wildman–Crippen LogP) is 2.69. The lowest BCUT2D eigenvalue weighted by Crippen LogP contribution is -2.10. The first-order chi connectivity index (χ1) is 8.61. The van der Waals surface area contributed by atoms with Gasteiger partial charge < -0.3 is 4.74 Å².